The summed E-state index contributed by atoms with van der Waals surface area (Å²) in [6, 6.07) is 13.8. The van der Waals surface area contributed by atoms with E-state index in [1.54, 1.807) is 12.1 Å². The van der Waals surface area contributed by atoms with Gasteiger partial charge in [0.05, 0.1) is 11.6 Å². The molecule has 5 rings (SSSR count). The average Bonchev–Trinajstić information content (AvgIpc) is 3.01. The van der Waals surface area contributed by atoms with Crippen molar-refractivity contribution in [2.75, 3.05) is 11.4 Å². The molecular formula is C26H25F2N3. The number of hydrogen-bond acceptors (Lipinski definition) is 2. The van der Waals surface area contributed by atoms with E-state index in [1.165, 1.54) is 34.3 Å². The van der Waals surface area contributed by atoms with Gasteiger partial charge < -0.3 is 9.47 Å². The fourth-order valence-corrected chi connectivity index (χ4v) is 4.83. The first-order chi connectivity index (χ1) is 14.9. The lowest BCUT2D eigenvalue weighted by molar-refractivity contribution is 0.590. The highest BCUT2D eigenvalue weighted by Crippen LogP contribution is 2.38. The molecule has 0 aliphatic carbocycles. The van der Waals surface area contributed by atoms with E-state index in [0.29, 0.717) is 6.54 Å². The van der Waals surface area contributed by atoms with Gasteiger partial charge in [0.15, 0.2) is 5.82 Å². The average molecular weight is 418 g/mol. The van der Waals surface area contributed by atoms with Crippen molar-refractivity contribution in [1.29, 1.82) is 0 Å². The molecule has 0 radical (unpaired) electrons. The van der Waals surface area contributed by atoms with Gasteiger partial charge in [-0.2, -0.15) is 0 Å². The van der Waals surface area contributed by atoms with Crippen molar-refractivity contribution in [3.63, 3.8) is 0 Å². The molecule has 31 heavy (non-hydrogen) atoms. The molecule has 0 N–H and O–H groups in total. The molecule has 4 aromatic rings. The Labute approximate surface area is 181 Å². The van der Waals surface area contributed by atoms with Crippen LogP contribution in [-0.4, -0.2) is 16.1 Å². The lowest BCUT2D eigenvalue weighted by Crippen LogP contribution is -2.35. The number of halogens is 2. The van der Waals surface area contributed by atoms with E-state index in [4.69, 9.17) is 4.98 Å². The predicted molar refractivity (Wildman–Crippen MR) is 121 cm³/mol. The summed E-state index contributed by atoms with van der Waals surface area (Å²) in [5.41, 5.74) is 6.73. The maximum atomic E-state index is 14.0. The molecule has 1 aliphatic heterocycles. The van der Waals surface area contributed by atoms with Crippen LogP contribution >= 0.6 is 0 Å². The smallest absolute Gasteiger partial charge is 0.153 e. The molecule has 1 unspecified atom stereocenters. The number of pyridine rings is 1. The number of aryl methyl sites for hydroxylation is 1. The molecule has 1 atom stereocenters. The van der Waals surface area contributed by atoms with E-state index >= 15 is 0 Å². The van der Waals surface area contributed by atoms with Gasteiger partial charge in [-0.25, -0.2) is 13.8 Å². The third-order valence-corrected chi connectivity index (χ3v) is 6.70. The highest BCUT2D eigenvalue weighted by Gasteiger charge is 2.28. The third kappa shape index (κ3) is 3.29. The summed E-state index contributed by atoms with van der Waals surface area (Å²) in [6.45, 7) is 7.83. The van der Waals surface area contributed by atoms with Crippen LogP contribution < -0.4 is 4.90 Å². The summed E-state index contributed by atoms with van der Waals surface area (Å²) < 4.78 is 29.7. The van der Waals surface area contributed by atoms with Crippen molar-refractivity contribution in [2.24, 2.45) is 0 Å². The van der Waals surface area contributed by atoms with Crippen LogP contribution in [0.15, 0.2) is 54.7 Å². The van der Waals surface area contributed by atoms with Crippen LogP contribution in [0.4, 0.5) is 14.6 Å². The molecule has 158 valence electrons. The van der Waals surface area contributed by atoms with Crippen LogP contribution in [0.5, 0.6) is 0 Å². The highest BCUT2D eigenvalue weighted by atomic mass is 19.1. The van der Waals surface area contributed by atoms with Crippen molar-refractivity contribution < 1.29 is 8.78 Å². The second-order valence-corrected chi connectivity index (χ2v) is 8.42. The van der Waals surface area contributed by atoms with E-state index in [0.717, 1.165) is 35.4 Å². The Morgan fingerprint density at radius 3 is 2.52 bits per heavy atom. The summed E-state index contributed by atoms with van der Waals surface area (Å²) in [5, 5.41) is 1.17. The van der Waals surface area contributed by atoms with Gasteiger partial charge in [-0.3, -0.25) is 0 Å². The molecule has 2 aromatic heterocycles. The Bertz CT molecular complexity index is 1270. The van der Waals surface area contributed by atoms with E-state index in [2.05, 4.69) is 36.3 Å². The second kappa shape index (κ2) is 7.49. The van der Waals surface area contributed by atoms with Crippen molar-refractivity contribution in [1.82, 2.24) is 9.55 Å². The molecule has 0 fully saturated rings. The zero-order valence-electron chi connectivity index (χ0n) is 18.0. The number of aromatic nitrogens is 2. The van der Waals surface area contributed by atoms with Crippen LogP contribution in [0, 0.1) is 25.5 Å². The first-order valence-electron chi connectivity index (χ1n) is 10.7. The van der Waals surface area contributed by atoms with Crippen LogP contribution in [0.2, 0.25) is 0 Å². The number of rotatable bonds is 3. The molecule has 1 aliphatic rings. The monoisotopic (exact) mass is 417 g/mol. The quantitative estimate of drug-likeness (QED) is 0.401. The predicted octanol–water partition coefficient (Wildman–Crippen LogP) is 6.10. The highest BCUT2D eigenvalue weighted by molar-refractivity contribution is 5.94. The number of fused-ring (bicyclic) bond motifs is 2. The van der Waals surface area contributed by atoms with Crippen molar-refractivity contribution in [3.05, 3.63) is 94.3 Å². The van der Waals surface area contributed by atoms with Crippen molar-refractivity contribution in [2.45, 2.75) is 39.8 Å². The number of hydrogen-bond donors (Lipinski definition) is 0. The first-order valence-corrected chi connectivity index (χ1v) is 10.7. The minimum absolute atomic E-state index is 0.0207. The summed E-state index contributed by atoms with van der Waals surface area (Å²) in [5.74, 6) is 0.479. The lowest BCUT2D eigenvalue weighted by atomic mass is 9.93. The molecule has 5 heteroatoms. The Kier molecular flexibility index (Phi) is 4.77. The van der Waals surface area contributed by atoms with Crippen LogP contribution in [0.1, 0.15) is 40.9 Å². The topological polar surface area (TPSA) is 21.1 Å². The molecule has 3 nitrogen and oxygen atoms in total. The van der Waals surface area contributed by atoms with Gasteiger partial charge in [-0.1, -0.05) is 18.2 Å². The first kappa shape index (κ1) is 19.7. The summed E-state index contributed by atoms with van der Waals surface area (Å²) in [7, 11) is 0. The minimum Gasteiger partial charge on any atom is -0.348 e. The van der Waals surface area contributed by atoms with Gasteiger partial charge in [-0.05, 0) is 79.8 Å². The summed E-state index contributed by atoms with van der Waals surface area (Å²) in [6.07, 6.45) is 2.72. The number of nitrogens with zero attached hydrogens (tertiary/aromatic N) is 3. The molecule has 0 amide bonds. The standard InChI is InChI=1S/C26H25F2N3/c1-16-17(2)31(15-19-4-7-21(27)8-5-19)25-23(16)10-12-29-26(25)30-13-11-20-6-9-22(28)14-24(20)18(30)3/h4-10,12,14,18H,11,13,15H2,1-3H3. The molecular weight excluding hydrogens is 392 g/mol. The maximum absolute atomic E-state index is 14.0. The molecule has 2 aromatic carbocycles. The summed E-state index contributed by atoms with van der Waals surface area (Å²) in [4.78, 5) is 7.08. The zero-order valence-corrected chi connectivity index (χ0v) is 18.0. The van der Waals surface area contributed by atoms with E-state index in [-0.39, 0.29) is 17.7 Å². The van der Waals surface area contributed by atoms with E-state index < -0.39 is 0 Å². The summed E-state index contributed by atoms with van der Waals surface area (Å²) >= 11 is 0. The zero-order chi connectivity index (χ0) is 21.7. The Morgan fingerprint density at radius 2 is 1.74 bits per heavy atom. The normalized spacial score (nSPS) is 16.0. The number of benzene rings is 2. The Hall–Kier alpha value is -3.21. The van der Waals surface area contributed by atoms with E-state index in [1.807, 2.05) is 24.4 Å². The maximum Gasteiger partial charge on any atom is 0.153 e. The van der Waals surface area contributed by atoms with Crippen molar-refractivity contribution >= 4 is 16.7 Å². The number of anilines is 1. The van der Waals surface area contributed by atoms with E-state index in [9.17, 15) is 8.78 Å². The molecule has 0 saturated heterocycles. The van der Waals surface area contributed by atoms with Crippen LogP contribution in [0.3, 0.4) is 0 Å². The second-order valence-electron chi connectivity index (χ2n) is 8.42. The van der Waals surface area contributed by atoms with Crippen LogP contribution in [-0.2, 0) is 13.0 Å². The van der Waals surface area contributed by atoms with Gasteiger partial charge in [0.2, 0.25) is 0 Å². The van der Waals surface area contributed by atoms with Gasteiger partial charge in [0.25, 0.3) is 0 Å². The van der Waals surface area contributed by atoms with Gasteiger partial charge >= 0.3 is 0 Å². The lowest BCUT2D eigenvalue weighted by Gasteiger charge is -2.36. The SMILES string of the molecule is Cc1c(C)n(Cc2ccc(F)cc2)c2c(N3CCc4ccc(F)cc4C3C)nccc12. The Balaban J connectivity index is 1.64. The van der Waals surface area contributed by atoms with Gasteiger partial charge in [-0.15, -0.1) is 0 Å². The Morgan fingerprint density at radius 1 is 1.00 bits per heavy atom. The van der Waals surface area contributed by atoms with Crippen molar-refractivity contribution in [3.8, 4) is 0 Å². The molecule has 3 heterocycles. The van der Waals surface area contributed by atoms with Gasteiger partial charge in [0, 0.05) is 30.4 Å². The minimum atomic E-state index is -0.232. The van der Waals surface area contributed by atoms with Crippen LogP contribution in [0.25, 0.3) is 10.9 Å². The third-order valence-electron chi connectivity index (χ3n) is 6.70. The fourth-order valence-electron chi connectivity index (χ4n) is 4.83. The molecule has 0 spiro atoms. The fraction of sp³-hybridized carbons (Fsp3) is 0.269. The van der Waals surface area contributed by atoms with Gasteiger partial charge in [0.1, 0.15) is 11.6 Å². The molecule has 0 saturated carbocycles. The molecule has 0 bridgehead atoms. The largest absolute Gasteiger partial charge is 0.348 e.